The summed E-state index contributed by atoms with van der Waals surface area (Å²) in [7, 11) is 0. The molecule has 0 unspecified atom stereocenters. The fourth-order valence-corrected chi connectivity index (χ4v) is 5.18. The molecule has 6 rings (SSSR count). The fraction of sp³-hybridized carbons (Fsp3) is 0.481. The molecule has 2 aliphatic heterocycles. The monoisotopic (exact) mass is 459 g/mol. The number of fused-ring (bicyclic) bond motifs is 1. The van der Waals surface area contributed by atoms with Gasteiger partial charge in [-0.1, -0.05) is 19.1 Å². The van der Waals surface area contributed by atoms with Gasteiger partial charge in [0.25, 0.3) is 0 Å². The molecule has 4 heterocycles. The van der Waals surface area contributed by atoms with Crippen molar-refractivity contribution in [2.45, 2.75) is 19.8 Å². The highest BCUT2D eigenvalue weighted by Gasteiger charge is 2.34. The standard InChI is InChI=1S/C27H33N5O2/c1-2-29-16-20(17-29)19-34-24-7-5-21(6-8-24)23-15-26-25(9-10-28-32(26)18-23)30-11-13-31(14-12-30)27(33)22-3-4-22/h5-10,15,18,20,22H,2-4,11-14,16-17,19H2,1H3. The van der Waals surface area contributed by atoms with E-state index < -0.39 is 0 Å². The van der Waals surface area contributed by atoms with E-state index in [1.165, 1.54) is 5.69 Å². The lowest BCUT2D eigenvalue weighted by molar-refractivity contribution is -0.132. The minimum absolute atomic E-state index is 0.300. The third-order valence-corrected chi connectivity index (χ3v) is 7.50. The van der Waals surface area contributed by atoms with Gasteiger partial charge in [0.1, 0.15) is 5.75 Å². The number of amides is 1. The SMILES string of the molecule is CCN1CC(COc2ccc(-c3cc4c(N5CCN(C(=O)C6CC6)CC5)ccnn4c3)cc2)C1. The van der Waals surface area contributed by atoms with E-state index in [0.29, 0.717) is 17.7 Å². The van der Waals surface area contributed by atoms with Crippen LogP contribution in [-0.4, -0.2) is 77.7 Å². The Morgan fingerprint density at radius 1 is 1.03 bits per heavy atom. The van der Waals surface area contributed by atoms with Gasteiger partial charge in [-0.25, -0.2) is 4.52 Å². The molecule has 2 aromatic heterocycles. The molecule has 3 aliphatic rings. The molecule has 1 saturated carbocycles. The highest BCUT2D eigenvalue weighted by atomic mass is 16.5. The zero-order valence-corrected chi connectivity index (χ0v) is 19.9. The first-order chi connectivity index (χ1) is 16.7. The first kappa shape index (κ1) is 21.5. The van der Waals surface area contributed by atoms with E-state index >= 15 is 0 Å². The molecule has 0 radical (unpaired) electrons. The maximum absolute atomic E-state index is 12.4. The van der Waals surface area contributed by atoms with Crippen molar-refractivity contribution in [3.63, 3.8) is 0 Å². The number of carbonyl (C=O) groups excluding carboxylic acids is 1. The average molecular weight is 460 g/mol. The molecule has 3 aromatic rings. The van der Waals surface area contributed by atoms with Crippen LogP contribution in [0.1, 0.15) is 19.8 Å². The molecular weight excluding hydrogens is 426 g/mol. The summed E-state index contributed by atoms with van der Waals surface area (Å²) in [5, 5.41) is 4.55. The molecule has 178 valence electrons. The van der Waals surface area contributed by atoms with E-state index in [9.17, 15) is 4.79 Å². The van der Waals surface area contributed by atoms with Gasteiger partial charge in [0.05, 0.1) is 17.8 Å². The molecule has 1 aliphatic carbocycles. The molecule has 0 spiro atoms. The summed E-state index contributed by atoms with van der Waals surface area (Å²) in [5.41, 5.74) is 4.59. The first-order valence-corrected chi connectivity index (χ1v) is 12.6. The summed E-state index contributed by atoms with van der Waals surface area (Å²) in [5.74, 6) is 2.23. The summed E-state index contributed by atoms with van der Waals surface area (Å²) in [6.45, 7) is 9.75. The molecule has 0 N–H and O–H groups in total. The van der Waals surface area contributed by atoms with Gasteiger partial charge < -0.3 is 19.4 Å². The van der Waals surface area contributed by atoms with Crippen LogP contribution in [0.15, 0.2) is 48.8 Å². The highest BCUT2D eigenvalue weighted by molar-refractivity contribution is 5.82. The molecule has 1 aromatic carbocycles. The van der Waals surface area contributed by atoms with Crippen LogP contribution < -0.4 is 9.64 Å². The number of ether oxygens (including phenoxy) is 1. The lowest BCUT2D eigenvalue weighted by Crippen LogP contribution is -2.49. The molecule has 0 bridgehead atoms. The average Bonchev–Trinajstić information content (AvgIpc) is 3.61. The quantitative estimate of drug-likeness (QED) is 0.542. The normalized spacial score (nSPS) is 19.4. The minimum atomic E-state index is 0.300. The van der Waals surface area contributed by atoms with E-state index in [1.54, 1.807) is 0 Å². The number of likely N-dealkylation sites (tertiary alicyclic amines) is 1. The fourth-order valence-electron chi connectivity index (χ4n) is 5.18. The molecule has 3 fully saturated rings. The van der Waals surface area contributed by atoms with Crippen LogP contribution in [0.2, 0.25) is 0 Å². The van der Waals surface area contributed by atoms with Gasteiger partial charge in [0.15, 0.2) is 0 Å². The van der Waals surface area contributed by atoms with E-state index in [2.05, 4.69) is 64.4 Å². The molecule has 7 heteroatoms. The predicted molar refractivity (Wildman–Crippen MR) is 133 cm³/mol. The third kappa shape index (κ3) is 4.25. The van der Waals surface area contributed by atoms with Crippen LogP contribution >= 0.6 is 0 Å². The van der Waals surface area contributed by atoms with Gasteiger partial charge in [-0.15, -0.1) is 0 Å². The van der Waals surface area contributed by atoms with Crippen molar-refractivity contribution in [2.24, 2.45) is 11.8 Å². The van der Waals surface area contributed by atoms with E-state index in [0.717, 1.165) is 87.7 Å². The second-order valence-electron chi connectivity index (χ2n) is 9.92. The van der Waals surface area contributed by atoms with Crippen molar-refractivity contribution in [3.8, 4) is 16.9 Å². The molecule has 0 atom stereocenters. The molecule has 34 heavy (non-hydrogen) atoms. The molecule has 7 nitrogen and oxygen atoms in total. The van der Waals surface area contributed by atoms with Crippen molar-refractivity contribution < 1.29 is 9.53 Å². The Bertz CT molecular complexity index is 1160. The van der Waals surface area contributed by atoms with E-state index in [4.69, 9.17) is 4.74 Å². The first-order valence-electron chi connectivity index (χ1n) is 12.6. The van der Waals surface area contributed by atoms with E-state index in [-0.39, 0.29) is 0 Å². The third-order valence-electron chi connectivity index (χ3n) is 7.50. The number of nitrogens with zero attached hydrogens (tertiary/aromatic N) is 5. The zero-order chi connectivity index (χ0) is 23.1. The number of benzene rings is 1. The molecular formula is C27H33N5O2. The van der Waals surface area contributed by atoms with Crippen molar-refractivity contribution >= 4 is 17.1 Å². The molecule has 1 amide bonds. The van der Waals surface area contributed by atoms with Crippen molar-refractivity contribution in [2.75, 3.05) is 57.3 Å². The van der Waals surface area contributed by atoms with Crippen LogP contribution in [0.5, 0.6) is 5.75 Å². The number of carbonyl (C=O) groups is 1. The summed E-state index contributed by atoms with van der Waals surface area (Å²) in [6.07, 6.45) is 6.10. The molecule has 2 saturated heterocycles. The Hall–Kier alpha value is -3.06. The van der Waals surface area contributed by atoms with Crippen LogP contribution in [0.25, 0.3) is 16.6 Å². The number of hydrogen-bond acceptors (Lipinski definition) is 5. The Morgan fingerprint density at radius 3 is 2.50 bits per heavy atom. The Labute approximate surface area is 200 Å². The van der Waals surface area contributed by atoms with Crippen LogP contribution in [0.3, 0.4) is 0 Å². The number of piperazine rings is 1. The van der Waals surface area contributed by atoms with Gasteiger partial charge in [0.2, 0.25) is 5.91 Å². The Kier molecular flexibility index (Phi) is 5.65. The van der Waals surface area contributed by atoms with E-state index in [1.807, 2.05) is 15.6 Å². The number of anilines is 1. The number of hydrogen-bond donors (Lipinski definition) is 0. The number of aromatic nitrogens is 2. The lowest BCUT2D eigenvalue weighted by Gasteiger charge is -2.38. The van der Waals surface area contributed by atoms with Gasteiger partial charge in [-0.2, -0.15) is 5.10 Å². The van der Waals surface area contributed by atoms with Gasteiger partial charge >= 0.3 is 0 Å². The van der Waals surface area contributed by atoms with Crippen molar-refractivity contribution in [1.29, 1.82) is 0 Å². The lowest BCUT2D eigenvalue weighted by atomic mass is 10.0. The van der Waals surface area contributed by atoms with Crippen LogP contribution in [0.4, 0.5) is 5.69 Å². The number of rotatable bonds is 7. The van der Waals surface area contributed by atoms with Crippen LogP contribution in [-0.2, 0) is 4.79 Å². The topological polar surface area (TPSA) is 53.3 Å². The Balaban J connectivity index is 1.13. The zero-order valence-electron chi connectivity index (χ0n) is 19.9. The van der Waals surface area contributed by atoms with Gasteiger partial charge in [-0.05, 0) is 49.2 Å². The summed E-state index contributed by atoms with van der Waals surface area (Å²) >= 11 is 0. The predicted octanol–water partition coefficient (Wildman–Crippen LogP) is 3.39. The summed E-state index contributed by atoms with van der Waals surface area (Å²) in [4.78, 5) is 19.3. The maximum Gasteiger partial charge on any atom is 0.225 e. The van der Waals surface area contributed by atoms with Gasteiger partial charge in [0, 0.05) is 69.1 Å². The van der Waals surface area contributed by atoms with Gasteiger partial charge in [-0.3, -0.25) is 4.79 Å². The summed E-state index contributed by atoms with van der Waals surface area (Å²) in [6, 6.07) is 12.7. The van der Waals surface area contributed by atoms with Crippen molar-refractivity contribution in [1.82, 2.24) is 19.4 Å². The van der Waals surface area contributed by atoms with Crippen LogP contribution in [0, 0.1) is 11.8 Å². The maximum atomic E-state index is 12.4. The largest absolute Gasteiger partial charge is 0.493 e. The second kappa shape index (κ2) is 8.95. The second-order valence-corrected chi connectivity index (χ2v) is 9.92. The highest BCUT2D eigenvalue weighted by Crippen LogP contribution is 2.33. The smallest absolute Gasteiger partial charge is 0.225 e. The Morgan fingerprint density at radius 2 is 1.79 bits per heavy atom. The van der Waals surface area contributed by atoms with Crippen molar-refractivity contribution in [3.05, 3.63) is 48.8 Å². The summed E-state index contributed by atoms with van der Waals surface area (Å²) < 4.78 is 7.98. The minimum Gasteiger partial charge on any atom is -0.493 e.